The molecule has 0 radical (unpaired) electrons. The van der Waals surface area contributed by atoms with Crippen LogP contribution in [0.3, 0.4) is 0 Å². The van der Waals surface area contributed by atoms with E-state index >= 15 is 0 Å². The van der Waals surface area contributed by atoms with Crippen LogP contribution in [-0.4, -0.2) is 36.5 Å². The molecule has 0 spiro atoms. The van der Waals surface area contributed by atoms with Crippen LogP contribution in [0.4, 0.5) is 0 Å². The maximum absolute atomic E-state index is 12.8. The maximum atomic E-state index is 12.8. The SMILES string of the molecule is CCC(C(=O)N(CC)C1CCNC1)c1ccccc1. The molecule has 2 atom stereocenters. The third-order valence-corrected chi connectivity index (χ3v) is 4.01. The standard InChI is InChI=1S/C16H24N2O/c1-3-15(13-8-6-5-7-9-13)16(19)18(4-2)14-10-11-17-12-14/h5-9,14-15,17H,3-4,10-12H2,1-2H3. The van der Waals surface area contributed by atoms with Crippen molar-refractivity contribution < 1.29 is 4.79 Å². The Bertz CT molecular complexity index is 398. The van der Waals surface area contributed by atoms with E-state index in [2.05, 4.69) is 36.2 Å². The lowest BCUT2D eigenvalue weighted by molar-refractivity contribution is -0.134. The largest absolute Gasteiger partial charge is 0.338 e. The van der Waals surface area contributed by atoms with Crippen LogP contribution >= 0.6 is 0 Å². The van der Waals surface area contributed by atoms with E-state index in [1.807, 2.05) is 18.2 Å². The van der Waals surface area contributed by atoms with Crippen molar-refractivity contribution >= 4 is 5.91 Å². The average molecular weight is 260 g/mol. The second kappa shape index (κ2) is 6.71. The van der Waals surface area contributed by atoms with E-state index in [4.69, 9.17) is 0 Å². The van der Waals surface area contributed by atoms with Crippen LogP contribution in [-0.2, 0) is 4.79 Å². The molecule has 1 amide bonds. The monoisotopic (exact) mass is 260 g/mol. The third kappa shape index (κ3) is 3.16. The number of benzene rings is 1. The molecular formula is C16H24N2O. The number of amides is 1. The van der Waals surface area contributed by atoms with Crippen LogP contribution in [0.15, 0.2) is 30.3 Å². The highest BCUT2D eigenvalue weighted by atomic mass is 16.2. The lowest BCUT2D eigenvalue weighted by Crippen LogP contribution is -2.43. The Balaban J connectivity index is 2.15. The lowest BCUT2D eigenvalue weighted by Gasteiger charge is -2.31. The number of nitrogens with one attached hydrogen (secondary N) is 1. The number of nitrogens with zero attached hydrogens (tertiary/aromatic N) is 1. The quantitative estimate of drug-likeness (QED) is 0.881. The third-order valence-electron chi connectivity index (χ3n) is 4.01. The van der Waals surface area contributed by atoms with Gasteiger partial charge in [0.15, 0.2) is 0 Å². The molecule has 1 saturated heterocycles. The topological polar surface area (TPSA) is 32.3 Å². The molecule has 104 valence electrons. The maximum Gasteiger partial charge on any atom is 0.230 e. The summed E-state index contributed by atoms with van der Waals surface area (Å²) in [6.07, 6.45) is 1.93. The molecule has 0 aliphatic carbocycles. The van der Waals surface area contributed by atoms with Crippen molar-refractivity contribution in [3.63, 3.8) is 0 Å². The Morgan fingerprint density at radius 1 is 1.37 bits per heavy atom. The highest BCUT2D eigenvalue weighted by Crippen LogP contribution is 2.24. The Labute approximate surface area is 116 Å². The van der Waals surface area contributed by atoms with Crippen LogP contribution < -0.4 is 5.32 Å². The van der Waals surface area contributed by atoms with Gasteiger partial charge in [-0.15, -0.1) is 0 Å². The summed E-state index contributed by atoms with van der Waals surface area (Å²) >= 11 is 0. The van der Waals surface area contributed by atoms with Crippen LogP contribution in [0.5, 0.6) is 0 Å². The van der Waals surface area contributed by atoms with Gasteiger partial charge in [0.2, 0.25) is 5.91 Å². The Morgan fingerprint density at radius 3 is 2.63 bits per heavy atom. The summed E-state index contributed by atoms with van der Waals surface area (Å²) in [6.45, 7) is 6.93. The molecule has 1 aromatic carbocycles. The van der Waals surface area contributed by atoms with Gasteiger partial charge in [-0.3, -0.25) is 4.79 Å². The average Bonchev–Trinajstić information content (AvgIpc) is 2.96. The summed E-state index contributed by atoms with van der Waals surface area (Å²) in [7, 11) is 0. The zero-order valence-corrected chi connectivity index (χ0v) is 11.9. The van der Waals surface area contributed by atoms with E-state index < -0.39 is 0 Å². The normalized spacial score (nSPS) is 20.2. The molecule has 0 saturated carbocycles. The van der Waals surface area contributed by atoms with Gasteiger partial charge in [0.25, 0.3) is 0 Å². The van der Waals surface area contributed by atoms with E-state index in [-0.39, 0.29) is 11.8 Å². The molecule has 3 nitrogen and oxygen atoms in total. The van der Waals surface area contributed by atoms with E-state index in [0.717, 1.165) is 38.0 Å². The van der Waals surface area contributed by atoms with Gasteiger partial charge in [-0.05, 0) is 31.9 Å². The van der Waals surface area contributed by atoms with Crippen molar-refractivity contribution in [2.45, 2.75) is 38.6 Å². The van der Waals surface area contributed by atoms with Gasteiger partial charge >= 0.3 is 0 Å². The van der Waals surface area contributed by atoms with Crippen molar-refractivity contribution in [3.05, 3.63) is 35.9 Å². The van der Waals surface area contributed by atoms with Gasteiger partial charge in [0.05, 0.1) is 5.92 Å². The highest BCUT2D eigenvalue weighted by molar-refractivity contribution is 5.84. The predicted octanol–water partition coefficient (Wildman–Crippen LogP) is 2.39. The van der Waals surface area contributed by atoms with Gasteiger partial charge in [-0.2, -0.15) is 0 Å². The van der Waals surface area contributed by atoms with Crippen molar-refractivity contribution in [3.8, 4) is 0 Å². The molecule has 1 heterocycles. The molecule has 0 bridgehead atoms. The van der Waals surface area contributed by atoms with Gasteiger partial charge in [0, 0.05) is 19.1 Å². The Morgan fingerprint density at radius 2 is 2.11 bits per heavy atom. The molecule has 2 rings (SSSR count). The first-order valence-electron chi connectivity index (χ1n) is 7.34. The highest BCUT2D eigenvalue weighted by Gasteiger charge is 2.30. The minimum atomic E-state index is 0.00162. The second-order valence-electron chi connectivity index (χ2n) is 5.14. The van der Waals surface area contributed by atoms with Gasteiger partial charge in [0.1, 0.15) is 0 Å². The minimum absolute atomic E-state index is 0.00162. The number of hydrogen-bond acceptors (Lipinski definition) is 2. The first-order chi connectivity index (χ1) is 9.27. The number of carbonyl (C=O) groups excluding carboxylic acids is 1. The second-order valence-corrected chi connectivity index (χ2v) is 5.14. The lowest BCUT2D eigenvalue weighted by atomic mass is 9.94. The van der Waals surface area contributed by atoms with Crippen LogP contribution in [0.2, 0.25) is 0 Å². The Hall–Kier alpha value is -1.35. The van der Waals surface area contributed by atoms with E-state index in [9.17, 15) is 4.79 Å². The molecule has 1 N–H and O–H groups in total. The molecule has 1 fully saturated rings. The van der Waals surface area contributed by atoms with Gasteiger partial charge < -0.3 is 10.2 Å². The summed E-state index contributed by atoms with van der Waals surface area (Å²) in [5.74, 6) is 0.284. The molecule has 1 aliphatic heterocycles. The number of hydrogen-bond donors (Lipinski definition) is 1. The number of rotatable bonds is 5. The van der Waals surface area contributed by atoms with Crippen molar-refractivity contribution in [1.29, 1.82) is 0 Å². The summed E-state index contributed by atoms with van der Waals surface area (Å²) < 4.78 is 0. The molecular weight excluding hydrogens is 236 g/mol. The predicted molar refractivity (Wildman–Crippen MR) is 78.1 cm³/mol. The fourth-order valence-corrected chi connectivity index (χ4v) is 2.94. The minimum Gasteiger partial charge on any atom is -0.338 e. The van der Waals surface area contributed by atoms with E-state index in [0.29, 0.717) is 6.04 Å². The fraction of sp³-hybridized carbons (Fsp3) is 0.562. The number of likely N-dealkylation sites (N-methyl/N-ethyl adjacent to an activating group) is 1. The fourth-order valence-electron chi connectivity index (χ4n) is 2.94. The summed E-state index contributed by atoms with van der Waals surface area (Å²) in [5.41, 5.74) is 1.14. The molecule has 19 heavy (non-hydrogen) atoms. The van der Waals surface area contributed by atoms with Crippen molar-refractivity contribution in [2.75, 3.05) is 19.6 Å². The van der Waals surface area contributed by atoms with Gasteiger partial charge in [-0.1, -0.05) is 37.3 Å². The van der Waals surface area contributed by atoms with Crippen LogP contribution in [0.25, 0.3) is 0 Å². The molecule has 0 aromatic heterocycles. The van der Waals surface area contributed by atoms with E-state index in [1.165, 1.54) is 0 Å². The molecule has 1 aromatic rings. The molecule has 1 aliphatic rings. The summed E-state index contributed by atoms with van der Waals surface area (Å²) in [5, 5.41) is 3.34. The van der Waals surface area contributed by atoms with Crippen LogP contribution in [0, 0.1) is 0 Å². The zero-order valence-electron chi connectivity index (χ0n) is 11.9. The smallest absolute Gasteiger partial charge is 0.230 e. The molecule has 2 unspecified atom stereocenters. The van der Waals surface area contributed by atoms with Crippen molar-refractivity contribution in [1.82, 2.24) is 10.2 Å². The van der Waals surface area contributed by atoms with Crippen LogP contribution in [0.1, 0.15) is 38.2 Å². The zero-order chi connectivity index (χ0) is 13.7. The van der Waals surface area contributed by atoms with Gasteiger partial charge in [-0.25, -0.2) is 0 Å². The summed E-state index contributed by atoms with van der Waals surface area (Å²) in [4.78, 5) is 14.8. The first-order valence-corrected chi connectivity index (χ1v) is 7.34. The molecule has 3 heteroatoms. The number of carbonyl (C=O) groups is 1. The Kier molecular flexibility index (Phi) is 4.97. The van der Waals surface area contributed by atoms with Crippen molar-refractivity contribution in [2.24, 2.45) is 0 Å². The first kappa shape index (κ1) is 14.1. The van der Waals surface area contributed by atoms with E-state index in [1.54, 1.807) is 0 Å². The summed E-state index contributed by atoms with van der Waals surface area (Å²) in [6, 6.07) is 10.5.